The first-order valence-electron chi connectivity index (χ1n) is 5.23. The van der Waals surface area contributed by atoms with Crippen LogP contribution >= 0.6 is 11.6 Å². The highest BCUT2D eigenvalue weighted by Crippen LogP contribution is 2.25. The third-order valence-electron chi connectivity index (χ3n) is 2.45. The molecule has 0 aliphatic heterocycles. The van der Waals surface area contributed by atoms with Crippen LogP contribution in [0.1, 0.15) is 6.92 Å². The number of anilines is 1. The van der Waals surface area contributed by atoms with E-state index in [2.05, 4.69) is 10.6 Å². The summed E-state index contributed by atoms with van der Waals surface area (Å²) in [5, 5.41) is 5.64. The molecule has 1 aromatic rings. The minimum Gasteiger partial charge on any atom is -0.323 e. The van der Waals surface area contributed by atoms with Gasteiger partial charge in [-0.1, -0.05) is 11.6 Å². The first-order valence-corrected chi connectivity index (χ1v) is 7.50. The van der Waals surface area contributed by atoms with Gasteiger partial charge in [0.15, 0.2) is 9.84 Å². The van der Waals surface area contributed by atoms with E-state index in [1.807, 2.05) is 0 Å². The molecule has 5 nitrogen and oxygen atoms in total. The Kier molecular flexibility index (Phi) is 4.72. The summed E-state index contributed by atoms with van der Waals surface area (Å²) >= 11 is 5.91. The van der Waals surface area contributed by atoms with Crippen LogP contribution in [-0.4, -0.2) is 33.7 Å². The summed E-state index contributed by atoms with van der Waals surface area (Å²) in [5.41, 5.74) is 0.284. The molecule has 1 amide bonds. The van der Waals surface area contributed by atoms with E-state index in [9.17, 15) is 13.2 Å². The van der Waals surface area contributed by atoms with Crippen molar-refractivity contribution in [2.75, 3.05) is 18.6 Å². The molecule has 0 saturated heterocycles. The fraction of sp³-hybridized carbons (Fsp3) is 0.364. The van der Waals surface area contributed by atoms with Crippen LogP contribution in [0.3, 0.4) is 0 Å². The van der Waals surface area contributed by atoms with Gasteiger partial charge in [0.2, 0.25) is 5.91 Å². The molecule has 0 spiro atoms. The molecule has 18 heavy (non-hydrogen) atoms. The van der Waals surface area contributed by atoms with Crippen molar-refractivity contribution in [3.05, 3.63) is 23.2 Å². The molecule has 1 aromatic carbocycles. The van der Waals surface area contributed by atoms with E-state index in [1.54, 1.807) is 14.0 Å². The lowest BCUT2D eigenvalue weighted by Crippen LogP contribution is -2.35. The average Bonchev–Trinajstić information content (AvgIpc) is 2.29. The molecule has 0 aromatic heterocycles. The second-order valence-corrected chi connectivity index (χ2v) is 6.34. The molecule has 7 heteroatoms. The van der Waals surface area contributed by atoms with Crippen LogP contribution in [0.15, 0.2) is 23.1 Å². The maximum atomic E-state index is 11.7. The van der Waals surface area contributed by atoms with Crippen molar-refractivity contribution in [1.29, 1.82) is 0 Å². The number of hydrogen-bond acceptors (Lipinski definition) is 4. The van der Waals surface area contributed by atoms with Crippen molar-refractivity contribution >= 4 is 33.0 Å². The number of nitrogens with one attached hydrogen (secondary N) is 2. The van der Waals surface area contributed by atoms with Crippen LogP contribution in [0.25, 0.3) is 0 Å². The molecule has 0 fully saturated rings. The summed E-state index contributed by atoms with van der Waals surface area (Å²) in [7, 11) is -1.68. The zero-order valence-electron chi connectivity index (χ0n) is 10.3. The number of hydrogen-bond donors (Lipinski definition) is 2. The second-order valence-electron chi connectivity index (χ2n) is 3.91. The van der Waals surface area contributed by atoms with E-state index in [-0.39, 0.29) is 16.5 Å². The largest absolute Gasteiger partial charge is 0.323 e. The minimum absolute atomic E-state index is 0.110. The molecular formula is C11H15ClN2O3S. The lowest BCUT2D eigenvalue weighted by molar-refractivity contribution is -0.117. The Morgan fingerprint density at radius 2 is 2.00 bits per heavy atom. The van der Waals surface area contributed by atoms with Gasteiger partial charge in [-0.05, 0) is 32.2 Å². The lowest BCUT2D eigenvalue weighted by Gasteiger charge is -2.12. The van der Waals surface area contributed by atoms with E-state index >= 15 is 0 Å². The topological polar surface area (TPSA) is 75.3 Å². The van der Waals surface area contributed by atoms with Gasteiger partial charge >= 0.3 is 0 Å². The van der Waals surface area contributed by atoms with Crippen molar-refractivity contribution in [1.82, 2.24) is 5.32 Å². The first kappa shape index (κ1) is 14.9. The molecule has 0 radical (unpaired) electrons. The third kappa shape index (κ3) is 3.69. The highest BCUT2D eigenvalue weighted by Gasteiger charge is 2.14. The van der Waals surface area contributed by atoms with Crippen molar-refractivity contribution in [2.45, 2.75) is 17.9 Å². The number of likely N-dealkylation sites (N-methyl/N-ethyl adjacent to an activating group) is 1. The Morgan fingerprint density at radius 3 is 2.50 bits per heavy atom. The van der Waals surface area contributed by atoms with Crippen LogP contribution in [0.2, 0.25) is 5.02 Å². The molecule has 100 valence electrons. The summed E-state index contributed by atoms with van der Waals surface area (Å²) in [5.74, 6) is -0.287. The number of amides is 1. The Morgan fingerprint density at radius 1 is 1.39 bits per heavy atom. The van der Waals surface area contributed by atoms with Crippen molar-refractivity contribution in [2.24, 2.45) is 0 Å². The van der Waals surface area contributed by atoms with Gasteiger partial charge in [-0.15, -0.1) is 0 Å². The highest BCUT2D eigenvalue weighted by molar-refractivity contribution is 7.90. The SMILES string of the molecule is CNC(C)C(=O)Nc1cc(S(C)(=O)=O)ccc1Cl. The summed E-state index contributed by atoms with van der Waals surface area (Å²) in [6.45, 7) is 1.68. The number of sulfone groups is 1. The molecule has 1 atom stereocenters. The van der Waals surface area contributed by atoms with Crippen molar-refractivity contribution in [3.63, 3.8) is 0 Å². The van der Waals surface area contributed by atoms with E-state index < -0.39 is 15.9 Å². The molecule has 1 rings (SSSR count). The van der Waals surface area contributed by atoms with Gasteiger partial charge in [-0.2, -0.15) is 0 Å². The van der Waals surface area contributed by atoms with Crippen molar-refractivity contribution in [3.8, 4) is 0 Å². The standard InChI is InChI=1S/C11H15ClN2O3S/c1-7(13-2)11(15)14-10-6-8(18(3,16)17)4-5-9(10)12/h4-7,13H,1-3H3,(H,14,15). The van der Waals surface area contributed by atoms with Crippen molar-refractivity contribution < 1.29 is 13.2 Å². The number of halogens is 1. The van der Waals surface area contributed by atoms with Gasteiger partial charge in [-0.3, -0.25) is 4.79 Å². The summed E-state index contributed by atoms with van der Waals surface area (Å²) in [6.07, 6.45) is 1.10. The fourth-order valence-corrected chi connectivity index (χ4v) is 2.01. The predicted octanol–water partition coefficient (Wildman–Crippen LogP) is 1.29. The number of carbonyl (C=O) groups excluding carboxylic acids is 1. The van der Waals surface area contributed by atoms with Crippen LogP contribution in [0.4, 0.5) is 5.69 Å². The zero-order valence-corrected chi connectivity index (χ0v) is 11.9. The highest BCUT2D eigenvalue weighted by atomic mass is 35.5. The van der Waals surface area contributed by atoms with Crippen LogP contribution < -0.4 is 10.6 Å². The van der Waals surface area contributed by atoms with Gasteiger partial charge in [0.05, 0.1) is 21.6 Å². The Labute approximate surface area is 111 Å². The quantitative estimate of drug-likeness (QED) is 0.876. The normalized spacial score (nSPS) is 13.1. The average molecular weight is 291 g/mol. The molecule has 0 heterocycles. The third-order valence-corrected chi connectivity index (χ3v) is 3.89. The summed E-state index contributed by atoms with van der Waals surface area (Å²) in [6, 6.07) is 3.78. The number of benzene rings is 1. The number of carbonyl (C=O) groups is 1. The van der Waals surface area contributed by atoms with Gasteiger partial charge in [0.1, 0.15) is 0 Å². The van der Waals surface area contributed by atoms with E-state index in [0.29, 0.717) is 5.02 Å². The Bertz CT molecular complexity index is 557. The smallest absolute Gasteiger partial charge is 0.241 e. The molecule has 1 unspecified atom stereocenters. The summed E-state index contributed by atoms with van der Waals surface area (Å²) in [4.78, 5) is 11.8. The van der Waals surface area contributed by atoms with Gasteiger partial charge < -0.3 is 10.6 Å². The van der Waals surface area contributed by atoms with Crippen LogP contribution in [0, 0.1) is 0 Å². The predicted molar refractivity (Wildman–Crippen MR) is 71.7 cm³/mol. The molecule has 0 aliphatic rings. The van der Waals surface area contributed by atoms with Crippen LogP contribution in [-0.2, 0) is 14.6 Å². The molecule has 2 N–H and O–H groups in total. The number of rotatable bonds is 4. The molecular weight excluding hydrogens is 276 g/mol. The van der Waals surface area contributed by atoms with Crippen LogP contribution in [0.5, 0.6) is 0 Å². The minimum atomic E-state index is -3.33. The van der Waals surface area contributed by atoms with Gasteiger partial charge in [-0.25, -0.2) is 8.42 Å². The zero-order chi connectivity index (χ0) is 13.9. The second kappa shape index (κ2) is 5.69. The van der Waals surface area contributed by atoms with E-state index in [0.717, 1.165) is 6.26 Å². The monoisotopic (exact) mass is 290 g/mol. The van der Waals surface area contributed by atoms with Gasteiger partial charge in [0.25, 0.3) is 0 Å². The molecule has 0 bridgehead atoms. The maximum Gasteiger partial charge on any atom is 0.241 e. The maximum absolute atomic E-state index is 11.7. The Balaban J connectivity index is 3.06. The van der Waals surface area contributed by atoms with E-state index in [1.165, 1.54) is 18.2 Å². The molecule has 0 aliphatic carbocycles. The Hall–Kier alpha value is -1.11. The first-order chi connectivity index (χ1) is 8.25. The molecule has 0 saturated carbocycles. The fourth-order valence-electron chi connectivity index (χ4n) is 1.20. The van der Waals surface area contributed by atoms with E-state index in [4.69, 9.17) is 11.6 Å². The summed E-state index contributed by atoms with van der Waals surface area (Å²) < 4.78 is 22.8. The lowest BCUT2D eigenvalue weighted by atomic mass is 10.2. The van der Waals surface area contributed by atoms with Gasteiger partial charge in [0, 0.05) is 6.26 Å².